The van der Waals surface area contributed by atoms with Crippen molar-refractivity contribution in [3.63, 3.8) is 0 Å². The van der Waals surface area contributed by atoms with Crippen LogP contribution in [-0.2, 0) is 0 Å². The predicted octanol–water partition coefficient (Wildman–Crippen LogP) is 0.619. The normalized spacial score (nSPS) is 11.3. The zero-order chi connectivity index (χ0) is 10.4. The van der Waals surface area contributed by atoms with Gasteiger partial charge in [0, 0.05) is 5.02 Å². The van der Waals surface area contributed by atoms with E-state index in [1.165, 1.54) is 4.40 Å². The summed E-state index contributed by atoms with van der Waals surface area (Å²) in [7, 11) is 0. The number of nitrogens with one attached hydrogen (secondary N) is 1. The Balaban J connectivity index is 2.64. The van der Waals surface area contributed by atoms with Crippen molar-refractivity contribution < 1.29 is 0 Å². The highest BCUT2D eigenvalue weighted by Crippen LogP contribution is 2.15. The average Bonchev–Trinajstić information content (AvgIpc) is 2.60. The van der Waals surface area contributed by atoms with E-state index >= 15 is 0 Å². The number of hydrogen-bond donors (Lipinski definition) is 1. The maximum absolute atomic E-state index is 11.4. The van der Waals surface area contributed by atoms with Crippen molar-refractivity contribution in [1.29, 1.82) is 0 Å². The number of halogens is 1. The van der Waals surface area contributed by atoms with E-state index in [9.17, 15) is 4.79 Å². The zero-order valence-corrected chi connectivity index (χ0v) is 8.06. The van der Waals surface area contributed by atoms with E-state index in [0.717, 1.165) is 0 Å². The van der Waals surface area contributed by atoms with Crippen LogP contribution in [0.25, 0.3) is 16.8 Å². The fraction of sp³-hybridized carbons (Fsp3) is 0. The van der Waals surface area contributed by atoms with Crippen molar-refractivity contribution in [2.75, 3.05) is 0 Å². The molecule has 0 atom stereocenters. The average molecular weight is 222 g/mol. The van der Waals surface area contributed by atoms with Crippen molar-refractivity contribution in [1.82, 2.24) is 24.8 Å². The third-order valence-corrected chi connectivity index (χ3v) is 2.32. The molecule has 0 spiro atoms. The summed E-state index contributed by atoms with van der Waals surface area (Å²) < 4.78 is 1.35. The number of aromatic amines is 1. The molecule has 7 heteroatoms. The summed E-state index contributed by atoms with van der Waals surface area (Å²) in [5, 5.41) is 14.3. The van der Waals surface area contributed by atoms with Gasteiger partial charge in [-0.2, -0.15) is 0 Å². The van der Waals surface area contributed by atoms with Gasteiger partial charge in [0.05, 0.1) is 5.52 Å². The fourth-order valence-corrected chi connectivity index (χ4v) is 1.60. The molecule has 74 valence electrons. The second-order valence-corrected chi connectivity index (χ2v) is 3.43. The number of nitrogens with zero attached hydrogens (tertiary/aromatic N) is 4. The van der Waals surface area contributed by atoms with E-state index in [1.807, 2.05) is 0 Å². The molecule has 0 radical (unpaired) electrons. The van der Waals surface area contributed by atoms with Gasteiger partial charge in [-0.05, 0) is 18.2 Å². The maximum Gasteiger partial charge on any atom is 0.349 e. The molecule has 0 fully saturated rings. The summed E-state index contributed by atoms with van der Waals surface area (Å²) in [6.45, 7) is 0. The van der Waals surface area contributed by atoms with Crippen molar-refractivity contribution in [3.8, 4) is 0 Å². The van der Waals surface area contributed by atoms with Crippen molar-refractivity contribution >= 4 is 28.4 Å². The first-order valence-electron chi connectivity index (χ1n) is 4.15. The summed E-state index contributed by atoms with van der Waals surface area (Å²) in [6.07, 6.45) is 0. The van der Waals surface area contributed by atoms with Gasteiger partial charge in [0.2, 0.25) is 0 Å². The Morgan fingerprint density at radius 2 is 2.20 bits per heavy atom. The molecule has 15 heavy (non-hydrogen) atoms. The van der Waals surface area contributed by atoms with Gasteiger partial charge in [0.25, 0.3) is 5.78 Å². The molecule has 0 aliphatic carbocycles. The van der Waals surface area contributed by atoms with Crippen LogP contribution in [-0.4, -0.2) is 24.8 Å². The molecule has 0 bridgehead atoms. The lowest BCUT2D eigenvalue weighted by molar-refractivity contribution is 1.01. The number of H-pyrrole nitrogens is 1. The fourth-order valence-electron chi connectivity index (χ4n) is 1.44. The smallest absolute Gasteiger partial charge is 0.246 e. The summed E-state index contributed by atoms with van der Waals surface area (Å²) in [6, 6.07) is 5.03. The van der Waals surface area contributed by atoms with E-state index in [-0.39, 0.29) is 11.5 Å². The van der Waals surface area contributed by atoms with Crippen LogP contribution in [0.3, 0.4) is 0 Å². The second kappa shape index (κ2) is 2.77. The van der Waals surface area contributed by atoms with E-state index in [0.29, 0.717) is 16.1 Å². The Morgan fingerprint density at radius 1 is 1.33 bits per heavy atom. The quantitative estimate of drug-likeness (QED) is 0.604. The van der Waals surface area contributed by atoms with E-state index in [4.69, 9.17) is 11.6 Å². The standard InChI is InChI=1S/C8H4ClN5O/c9-4-1-2-6-5(3-4)10-11-7-12-13-8(15)14(6)7/h1-3H,(H,13,15). The van der Waals surface area contributed by atoms with Gasteiger partial charge in [-0.25, -0.2) is 14.3 Å². The highest BCUT2D eigenvalue weighted by atomic mass is 35.5. The first kappa shape index (κ1) is 8.37. The molecule has 2 heterocycles. The van der Waals surface area contributed by atoms with Gasteiger partial charge >= 0.3 is 5.69 Å². The molecule has 0 amide bonds. The Kier molecular flexibility index (Phi) is 1.54. The van der Waals surface area contributed by atoms with E-state index in [2.05, 4.69) is 20.4 Å². The van der Waals surface area contributed by atoms with Gasteiger partial charge in [-0.1, -0.05) is 11.6 Å². The van der Waals surface area contributed by atoms with Crippen LogP contribution >= 0.6 is 11.6 Å². The molecule has 0 unspecified atom stereocenters. The highest BCUT2D eigenvalue weighted by molar-refractivity contribution is 6.31. The van der Waals surface area contributed by atoms with Gasteiger partial charge in [0.1, 0.15) is 5.52 Å². The topological polar surface area (TPSA) is 75.9 Å². The lowest BCUT2D eigenvalue weighted by atomic mass is 10.3. The molecule has 0 aliphatic heterocycles. The van der Waals surface area contributed by atoms with Gasteiger partial charge in [-0.3, -0.25) is 0 Å². The molecule has 0 aliphatic rings. The Hall–Kier alpha value is -1.95. The summed E-state index contributed by atoms with van der Waals surface area (Å²) >= 11 is 5.80. The third-order valence-electron chi connectivity index (χ3n) is 2.08. The SMILES string of the molecule is O=c1[nH]nc2nnc3cc(Cl)ccc3n12. The van der Waals surface area contributed by atoms with Crippen molar-refractivity contribution in [3.05, 3.63) is 33.7 Å². The minimum absolute atomic E-state index is 0.245. The Bertz CT molecular complexity index is 716. The van der Waals surface area contributed by atoms with E-state index in [1.54, 1.807) is 18.2 Å². The molecule has 3 aromatic rings. The van der Waals surface area contributed by atoms with Crippen LogP contribution < -0.4 is 5.69 Å². The largest absolute Gasteiger partial charge is 0.349 e. The Morgan fingerprint density at radius 3 is 3.07 bits per heavy atom. The first-order valence-corrected chi connectivity index (χ1v) is 4.52. The van der Waals surface area contributed by atoms with Crippen molar-refractivity contribution in [2.24, 2.45) is 0 Å². The molecule has 0 saturated carbocycles. The van der Waals surface area contributed by atoms with Crippen molar-refractivity contribution in [2.45, 2.75) is 0 Å². The first-order chi connectivity index (χ1) is 7.25. The van der Waals surface area contributed by atoms with Crippen LogP contribution in [0.5, 0.6) is 0 Å². The highest BCUT2D eigenvalue weighted by Gasteiger charge is 2.06. The third kappa shape index (κ3) is 1.11. The number of hydrogen-bond acceptors (Lipinski definition) is 4. The number of aromatic nitrogens is 5. The van der Waals surface area contributed by atoms with Crippen LogP contribution in [0.4, 0.5) is 0 Å². The van der Waals surface area contributed by atoms with Crippen LogP contribution in [0.15, 0.2) is 23.0 Å². The van der Waals surface area contributed by atoms with Crippen LogP contribution in [0, 0.1) is 0 Å². The lowest BCUT2D eigenvalue weighted by Crippen LogP contribution is -2.11. The molecule has 0 saturated heterocycles. The molecule has 1 N–H and O–H groups in total. The predicted molar refractivity (Wildman–Crippen MR) is 53.9 cm³/mol. The van der Waals surface area contributed by atoms with Gasteiger partial charge < -0.3 is 0 Å². The molecule has 1 aromatic carbocycles. The summed E-state index contributed by atoms with van der Waals surface area (Å²) in [4.78, 5) is 11.4. The molecular weight excluding hydrogens is 218 g/mol. The second-order valence-electron chi connectivity index (χ2n) is 3.00. The minimum atomic E-state index is -0.341. The van der Waals surface area contributed by atoms with E-state index < -0.39 is 0 Å². The monoisotopic (exact) mass is 221 g/mol. The lowest BCUT2D eigenvalue weighted by Gasteiger charge is -1.97. The minimum Gasteiger partial charge on any atom is -0.246 e. The number of benzene rings is 1. The van der Waals surface area contributed by atoms with Gasteiger partial charge in [0.15, 0.2) is 0 Å². The zero-order valence-electron chi connectivity index (χ0n) is 7.31. The molecular formula is C8H4ClN5O. The molecule has 3 rings (SSSR count). The maximum atomic E-state index is 11.4. The number of rotatable bonds is 0. The summed E-state index contributed by atoms with van der Waals surface area (Å²) in [5.41, 5.74) is 0.842. The molecule has 6 nitrogen and oxygen atoms in total. The molecule has 2 aromatic heterocycles. The Labute approximate surface area is 87.5 Å². The number of fused-ring (bicyclic) bond motifs is 3. The van der Waals surface area contributed by atoms with Gasteiger partial charge in [-0.15, -0.1) is 15.3 Å². The van der Waals surface area contributed by atoms with Crippen LogP contribution in [0.2, 0.25) is 5.02 Å². The van der Waals surface area contributed by atoms with Crippen LogP contribution in [0.1, 0.15) is 0 Å². The summed E-state index contributed by atoms with van der Waals surface area (Å²) in [5.74, 6) is 0.245.